The molecule has 0 amide bonds. The number of rotatable bonds is 11. The molecule has 0 aliphatic carbocycles. The minimum absolute atomic E-state index is 0.0371. The van der Waals surface area contributed by atoms with E-state index in [0.717, 1.165) is 18.2 Å². The molecule has 17 heteroatoms. The number of nitrogens with one attached hydrogen (secondary N) is 1. The van der Waals surface area contributed by atoms with Crippen LogP contribution < -0.4 is 29.5 Å². The van der Waals surface area contributed by atoms with E-state index in [9.17, 15) is 41.0 Å². The molecule has 0 radical (unpaired) electrons. The van der Waals surface area contributed by atoms with Crippen LogP contribution in [0.4, 0.5) is 49.1 Å². The Kier molecular flexibility index (Phi) is 11.7. The topological polar surface area (TPSA) is 117 Å². The zero-order chi connectivity index (χ0) is 40.2. The predicted molar refractivity (Wildman–Crippen MR) is 196 cm³/mol. The Balaban J connectivity index is 1.33. The second-order valence-electron chi connectivity index (χ2n) is 13.3. The molecule has 11 nitrogen and oxygen atoms in total. The Morgan fingerprint density at radius 3 is 2.11 bits per heavy atom. The molecule has 0 unspecified atom stereocenters. The number of para-hydroxylation sites is 1. The maximum absolute atomic E-state index is 14.9. The van der Waals surface area contributed by atoms with Crippen molar-refractivity contribution in [2.75, 3.05) is 73.5 Å². The van der Waals surface area contributed by atoms with Gasteiger partial charge in [0.15, 0.2) is 11.5 Å². The molecule has 0 spiro atoms. The van der Waals surface area contributed by atoms with Crippen molar-refractivity contribution in [3.8, 4) is 17.4 Å². The summed E-state index contributed by atoms with van der Waals surface area (Å²) in [5.74, 6) is -1.60. The number of ether oxygens (including phenoxy) is 3. The molecule has 2 aliphatic heterocycles. The number of hydrogen-bond donors (Lipinski definition) is 2. The fraction of sp³-hybridized carbons (Fsp3) is 0.359. The van der Waals surface area contributed by atoms with Crippen LogP contribution in [0.2, 0.25) is 0 Å². The van der Waals surface area contributed by atoms with Gasteiger partial charge in [-0.05, 0) is 55.3 Å². The number of halogens is 6. The number of anilines is 4. The average molecular weight is 788 g/mol. The summed E-state index contributed by atoms with van der Waals surface area (Å²) in [7, 11) is 2.67. The summed E-state index contributed by atoms with van der Waals surface area (Å²) in [6, 6.07) is 15.5. The van der Waals surface area contributed by atoms with Crippen molar-refractivity contribution in [2.45, 2.75) is 31.7 Å². The number of nitrogens with zero attached hydrogens (tertiary/aromatic N) is 4. The van der Waals surface area contributed by atoms with Crippen LogP contribution in [0.1, 0.15) is 39.9 Å². The SMILES string of the molecule is COC(=O)c1ccc(Oc2c(CNc3cc(C(F)(F)F)c(N4CCC(C(=O)O)CC4)cc3N3CCN(c4cccc(C(F)(F)F)c4)CC3)cccc2OC)nc1. The van der Waals surface area contributed by atoms with Gasteiger partial charge in [0.2, 0.25) is 5.88 Å². The van der Waals surface area contributed by atoms with Crippen LogP contribution in [0.5, 0.6) is 17.4 Å². The molecule has 3 aromatic carbocycles. The van der Waals surface area contributed by atoms with Crippen molar-refractivity contribution < 1.29 is 55.2 Å². The summed E-state index contributed by atoms with van der Waals surface area (Å²) in [4.78, 5) is 32.9. The first-order valence-corrected chi connectivity index (χ1v) is 17.7. The Hall–Kier alpha value is -5.87. The van der Waals surface area contributed by atoms with Gasteiger partial charge in [0, 0.05) is 69.3 Å². The van der Waals surface area contributed by atoms with E-state index < -0.39 is 41.3 Å². The maximum Gasteiger partial charge on any atom is 0.418 e. The normalized spacial score (nSPS) is 15.4. The van der Waals surface area contributed by atoms with Gasteiger partial charge >= 0.3 is 24.3 Å². The lowest BCUT2D eigenvalue weighted by Gasteiger charge is -2.40. The van der Waals surface area contributed by atoms with E-state index in [1.165, 1.54) is 44.7 Å². The number of aliphatic carboxylic acids is 1. The lowest BCUT2D eigenvalue weighted by atomic mass is 9.95. The second kappa shape index (κ2) is 16.5. The summed E-state index contributed by atoms with van der Waals surface area (Å²) in [5.41, 5.74) is -0.126. The highest BCUT2D eigenvalue weighted by Crippen LogP contribution is 2.45. The molecule has 2 N–H and O–H groups in total. The van der Waals surface area contributed by atoms with Crippen molar-refractivity contribution in [2.24, 2.45) is 5.92 Å². The van der Waals surface area contributed by atoms with Crippen molar-refractivity contribution in [3.63, 3.8) is 0 Å². The second-order valence-corrected chi connectivity index (χ2v) is 13.3. The summed E-state index contributed by atoms with van der Waals surface area (Å²) < 4.78 is 101. The highest BCUT2D eigenvalue weighted by molar-refractivity contribution is 5.89. The molecular weight excluding hydrogens is 748 g/mol. The van der Waals surface area contributed by atoms with E-state index in [0.29, 0.717) is 22.7 Å². The number of pyridine rings is 1. The number of piperazine rings is 1. The average Bonchev–Trinajstić information content (AvgIpc) is 3.19. The minimum atomic E-state index is -4.78. The Morgan fingerprint density at radius 2 is 1.50 bits per heavy atom. The quantitative estimate of drug-likeness (QED) is 0.114. The monoisotopic (exact) mass is 787 g/mol. The standard InChI is InChI=1S/C39H39F6N5O6/c1-54-33-8-3-5-25(35(33)56-34-10-9-26(23-47-34)37(53)55-2)22-46-30-20-29(39(43,44)45)31(49-13-11-24(12-14-49)36(51)52)21-32(30)50-17-15-48(16-18-50)28-7-4-6-27(19-28)38(40,41)42/h3-10,19-21,23-24,46H,11-18,22H2,1-2H3,(H,51,52). The fourth-order valence-electron chi connectivity index (χ4n) is 6.87. The molecule has 1 aromatic heterocycles. The van der Waals surface area contributed by atoms with E-state index in [2.05, 4.69) is 10.3 Å². The largest absolute Gasteiger partial charge is 0.493 e. The summed E-state index contributed by atoms with van der Waals surface area (Å²) in [6.07, 6.45) is -7.67. The molecule has 56 heavy (non-hydrogen) atoms. The van der Waals surface area contributed by atoms with Crippen LogP contribution in [-0.4, -0.2) is 75.5 Å². The number of benzene rings is 3. The van der Waals surface area contributed by atoms with Crippen LogP contribution >= 0.6 is 0 Å². The van der Waals surface area contributed by atoms with Crippen molar-refractivity contribution >= 4 is 34.7 Å². The predicted octanol–water partition coefficient (Wildman–Crippen LogP) is 7.95. The minimum Gasteiger partial charge on any atom is -0.493 e. The van der Waals surface area contributed by atoms with Gasteiger partial charge in [-0.15, -0.1) is 0 Å². The van der Waals surface area contributed by atoms with E-state index in [1.807, 2.05) is 4.90 Å². The number of methoxy groups -OCH3 is 2. The lowest BCUT2D eigenvalue weighted by Crippen LogP contribution is -2.47. The number of aromatic nitrogens is 1. The molecule has 298 valence electrons. The molecule has 2 aliphatic rings. The molecule has 0 saturated carbocycles. The highest BCUT2D eigenvalue weighted by atomic mass is 19.4. The highest BCUT2D eigenvalue weighted by Gasteiger charge is 2.38. The Morgan fingerprint density at radius 1 is 0.821 bits per heavy atom. The number of piperidine rings is 1. The van der Waals surface area contributed by atoms with Gasteiger partial charge < -0.3 is 39.3 Å². The zero-order valence-corrected chi connectivity index (χ0v) is 30.4. The van der Waals surface area contributed by atoms with E-state index in [4.69, 9.17) is 14.2 Å². The van der Waals surface area contributed by atoms with Crippen LogP contribution in [0.25, 0.3) is 0 Å². The zero-order valence-electron chi connectivity index (χ0n) is 30.4. The van der Waals surface area contributed by atoms with Gasteiger partial charge in [-0.25, -0.2) is 9.78 Å². The first-order valence-electron chi connectivity index (χ1n) is 17.7. The summed E-state index contributed by atoms with van der Waals surface area (Å²) >= 11 is 0. The van der Waals surface area contributed by atoms with E-state index in [1.54, 1.807) is 34.1 Å². The van der Waals surface area contributed by atoms with Crippen molar-refractivity contribution in [3.05, 3.63) is 95.2 Å². The molecule has 2 saturated heterocycles. The van der Waals surface area contributed by atoms with Crippen LogP contribution in [-0.2, 0) is 28.4 Å². The van der Waals surface area contributed by atoms with Gasteiger partial charge in [-0.2, -0.15) is 26.3 Å². The van der Waals surface area contributed by atoms with E-state index >= 15 is 0 Å². The van der Waals surface area contributed by atoms with Crippen LogP contribution in [0, 0.1) is 5.92 Å². The van der Waals surface area contributed by atoms with Crippen LogP contribution in [0.15, 0.2) is 72.9 Å². The number of esters is 1. The molecule has 2 fully saturated rings. The Labute approximate surface area is 318 Å². The van der Waals surface area contributed by atoms with Gasteiger partial charge in [-0.1, -0.05) is 18.2 Å². The number of carboxylic acids is 1. The first kappa shape index (κ1) is 39.8. The third kappa shape index (κ3) is 8.98. The van der Waals surface area contributed by atoms with Gasteiger partial charge in [0.25, 0.3) is 0 Å². The van der Waals surface area contributed by atoms with Crippen molar-refractivity contribution in [1.82, 2.24) is 4.98 Å². The molecule has 6 rings (SSSR count). The smallest absolute Gasteiger partial charge is 0.418 e. The summed E-state index contributed by atoms with van der Waals surface area (Å²) in [5, 5.41) is 12.7. The van der Waals surface area contributed by atoms with Gasteiger partial charge in [0.1, 0.15) is 0 Å². The molecule has 4 aromatic rings. The molecule has 3 heterocycles. The Bertz CT molecular complexity index is 2030. The number of carbonyl (C=O) groups is 2. The van der Waals surface area contributed by atoms with Crippen LogP contribution in [0.3, 0.4) is 0 Å². The van der Waals surface area contributed by atoms with Crippen molar-refractivity contribution in [1.29, 1.82) is 0 Å². The molecule has 0 bridgehead atoms. The first-order chi connectivity index (χ1) is 26.7. The lowest BCUT2D eigenvalue weighted by molar-refractivity contribution is -0.142. The van der Waals surface area contributed by atoms with E-state index in [-0.39, 0.29) is 87.2 Å². The third-order valence-corrected chi connectivity index (χ3v) is 9.88. The van der Waals surface area contributed by atoms with Gasteiger partial charge in [-0.3, -0.25) is 4.79 Å². The fourth-order valence-corrected chi connectivity index (χ4v) is 6.87. The number of carboxylic acid groups (broad SMARTS) is 1. The van der Waals surface area contributed by atoms with Gasteiger partial charge in [0.05, 0.1) is 53.9 Å². The maximum atomic E-state index is 14.9. The summed E-state index contributed by atoms with van der Waals surface area (Å²) in [6.45, 7) is 1.30. The number of hydrogen-bond acceptors (Lipinski definition) is 10. The molecule has 0 atom stereocenters. The third-order valence-electron chi connectivity index (χ3n) is 9.88. The molecular formula is C39H39F6N5O6. The number of alkyl halides is 6. The number of carbonyl (C=O) groups excluding carboxylic acids is 1.